The van der Waals surface area contributed by atoms with E-state index in [-0.39, 0.29) is 38.0 Å². The van der Waals surface area contributed by atoms with Crippen LogP contribution in [0.1, 0.15) is 6.42 Å². The number of likely N-dealkylation sites (tertiary alicyclic amines) is 1. The average molecular weight is 365 g/mol. The molecule has 9 nitrogen and oxygen atoms in total. The molecule has 2 N–H and O–H groups in total. The monoisotopic (exact) mass is 365 g/mol. The smallest absolute Gasteiger partial charge is 0.282 e. The van der Waals surface area contributed by atoms with Crippen molar-refractivity contribution in [1.29, 1.82) is 0 Å². The molecule has 0 aromatic carbocycles. The maximum absolute atomic E-state index is 11.6. The summed E-state index contributed by atoms with van der Waals surface area (Å²) in [6.45, 7) is 2.67. The lowest BCUT2D eigenvalue weighted by Gasteiger charge is -2.13. The second-order valence-electron chi connectivity index (χ2n) is 5.00. The maximum Gasteiger partial charge on any atom is 0.282 e. The van der Waals surface area contributed by atoms with Gasteiger partial charge in [0.05, 0.1) is 59.2 Å². The molecule has 1 rings (SSSR count). The molecule has 0 aliphatic carbocycles. The average Bonchev–Trinajstić information content (AvgIpc) is 2.77. The number of hydrogen-bond donors (Lipinski definition) is 1. The molecule has 1 aliphatic heterocycles. The van der Waals surface area contributed by atoms with Crippen molar-refractivity contribution in [2.75, 3.05) is 59.4 Å². The Morgan fingerprint density at radius 1 is 1.00 bits per heavy atom. The van der Waals surface area contributed by atoms with E-state index in [2.05, 4.69) is 12.6 Å². The van der Waals surface area contributed by atoms with Gasteiger partial charge in [-0.2, -0.15) is 0 Å². The van der Waals surface area contributed by atoms with Crippen LogP contribution in [0.15, 0.2) is 0 Å². The van der Waals surface area contributed by atoms with Crippen molar-refractivity contribution >= 4 is 30.4 Å². The molecule has 0 saturated carbocycles. The van der Waals surface area contributed by atoms with Gasteiger partial charge in [0.1, 0.15) is 6.61 Å². The second kappa shape index (κ2) is 12.2. The molecule has 1 atom stereocenters. The number of carbonyl (C=O) groups excluding carboxylic acids is 3. The summed E-state index contributed by atoms with van der Waals surface area (Å²) in [5.74, 6) is -0.908. The van der Waals surface area contributed by atoms with Crippen molar-refractivity contribution in [3.63, 3.8) is 0 Å². The van der Waals surface area contributed by atoms with Crippen molar-refractivity contribution in [2.45, 2.75) is 11.7 Å². The van der Waals surface area contributed by atoms with Crippen LogP contribution in [-0.2, 0) is 46.0 Å². The summed E-state index contributed by atoms with van der Waals surface area (Å²) in [5.41, 5.74) is 4.90. The molecule has 3 amide bonds. The molecule has 138 valence electrons. The zero-order chi connectivity index (χ0) is 17.8. The van der Waals surface area contributed by atoms with Gasteiger partial charge in [-0.3, -0.25) is 19.3 Å². The highest BCUT2D eigenvalue weighted by Crippen LogP contribution is 2.12. The number of nitrogens with two attached hydrogens (primary N) is 1. The number of nitrogens with zero attached hydrogens (tertiary/aromatic N) is 1. The Hall–Kier alpha value is -1.20. The van der Waals surface area contributed by atoms with E-state index in [1.54, 1.807) is 0 Å². The normalized spacial score (nSPS) is 17.7. The number of ether oxygens (including phenoxy) is 4. The molecule has 0 aromatic heterocycles. The van der Waals surface area contributed by atoms with Gasteiger partial charge >= 0.3 is 0 Å². The minimum atomic E-state index is -0.510. The van der Waals surface area contributed by atoms with Gasteiger partial charge in [0.25, 0.3) is 5.91 Å². The van der Waals surface area contributed by atoms with Gasteiger partial charge in [0, 0.05) is 0 Å². The van der Waals surface area contributed by atoms with Gasteiger partial charge in [0.15, 0.2) is 0 Å². The standard InChI is InChI=1S/C14H24N2O7S/c15-12(17)10-23-8-7-22-6-5-21-4-3-20-2-1-16-13(18)9-11(24)14(16)19/h11,24H,1-10H2,(H2,15,17)/p+1. The van der Waals surface area contributed by atoms with Crippen LogP contribution in [0.2, 0.25) is 0 Å². The first-order chi connectivity index (χ1) is 11.5. The first kappa shape index (κ1) is 20.8. The zero-order valence-corrected chi connectivity index (χ0v) is 14.5. The molecule has 10 heteroatoms. The van der Waals surface area contributed by atoms with Crippen LogP contribution in [0.3, 0.4) is 0 Å². The Morgan fingerprint density at radius 2 is 1.50 bits per heavy atom. The van der Waals surface area contributed by atoms with Crippen LogP contribution in [0.4, 0.5) is 0 Å². The van der Waals surface area contributed by atoms with Gasteiger partial charge in [-0.05, 0) is 12.6 Å². The lowest BCUT2D eigenvalue weighted by atomic mass is 10.4. The maximum atomic E-state index is 11.6. The van der Waals surface area contributed by atoms with E-state index in [1.165, 1.54) is 4.90 Å². The molecule has 1 unspecified atom stereocenters. The van der Waals surface area contributed by atoms with Gasteiger partial charge in [-0.15, -0.1) is 0 Å². The first-order valence-electron chi connectivity index (χ1n) is 7.67. The number of rotatable bonds is 14. The van der Waals surface area contributed by atoms with Crippen LogP contribution in [0.5, 0.6) is 0 Å². The summed E-state index contributed by atoms with van der Waals surface area (Å²) in [4.78, 5) is 34.7. The lowest BCUT2D eigenvalue weighted by Crippen LogP contribution is -2.34. The Morgan fingerprint density at radius 3 is 1.96 bits per heavy atom. The summed E-state index contributed by atoms with van der Waals surface area (Å²) in [6.07, 6.45) is 0.201. The van der Waals surface area contributed by atoms with Crippen molar-refractivity contribution < 1.29 is 33.3 Å². The summed E-state index contributed by atoms with van der Waals surface area (Å²) in [6, 6.07) is 0. The van der Waals surface area contributed by atoms with E-state index in [0.29, 0.717) is 39.6 Å². The van der Waals surface area contributed by atoms with E-state index in [0.717, 1.165) is 0 Å². The fourth-order valence-electron chi connectivity index (χ4n) is 1.91. The number of imide groups is 1. The van der Waals surface area contributed by atoms with Crippen LogP contribution in [0.25, 0.3) is 0 Å². The Balaban J connectivity index is 1.83. The van der Waals surface area contributed by atoms with Crippen LogP contribution >= 0.6 is 0 Å². The Labute approximate surface area is 146 Å². The van der Waals surface area contributed by atoms with Crippen molar-refractivity contribution in [3.8, 4) is 0 Å². The SMILES string of the molecule is NC(=O)COCCOCCOCCOCCN1C(=O)CC([SH2+])C1=O. The van der Waals surface area contributed by atoms with E-state index in [9.17, 15) is 14.4 Å². The molecule has 0 spiro atoms. The molecule has 0 bridgehead atoms. The molecule has 1 heterocycles. The molecule has 1 saturated heterocycles. The van der Waals surface area contributed by atoms with Crippen molar-refractivity contribution in [1.82, 2.24) is 4.90 Å². The molecular weight excluding hydrogens is 340 g/mol. The molecular formula is C14H25N2O7S+. The molecule has 24 heavy (non-hydrogen) atoms. The van der Waals surface area contributed by atoms with Crippen molar-refractivity contribution in [3.05, 3.63) is 0 Å². The van der Waals surface area contributed by atoms with Gasteiger partial charge in [-0.25, -0.2) is 0 Å². The second-order valence-corrected chi connectivity index (χ2v) is 5.69. The quantitative estimate of drug-likeness (QED) is 0.209. The van der Waals surface area contributed by atoms with Crippen LogP contribution in [-0.4, -0.2) is 87.3 Å². The third-order valence-corrected chi connectivity index (χ3v) is 3.51. The largest absolute Gasteiger partial charge is 0.377 e. The first-order valence-corrected chi connectivity index (χ1v) is 8.24. The van der Waals surface area contributed by atoms with Gasteiger partial charge in [0.2, 0.25) is 17.1 Å². The fraction of sp³-hybridized carbons (Fsp3) is 0.786. The summed E-state index contributed by atoms with van der Waals surface area (Å²) >= 11 is 3.21. The predicted molar refractivity (Wildman–Crippen MR) is 87.8 cm³/mol. The van der Waals surface area contributed by atoms with Crippen molar-refractivity contribution in [2.24, 2.45) is 5.73 Å². The van der Waals surface area contributed by atoms with E-state index in [4.69, 9.17) is 24.7 Å². The van der Waals surface area contributed by atoms with E-state index < -0.39 is 11.2 Å². The highest BCUT2D eigenvalue weighted by molar-refractivity contribution is 7.60. The van der Waals surface area contributed by atoms with Gasteiger partial charge in [-0.1, -0.05) is 0 Å². The van der Waals surface area contributed by atoms with E-state index in [1.807, 2.05) is 0 Å². The summed E-state index contributed by atoms with van der Waals surface area (Å²) in [7, 11) is 0. The minimum absolute atomic E-state index is 0.109. The third-order valence-electron chi connectivity index (χ3n) is 3.06. The fourth-order valence-corrected chi connectivity index (χ4v) is 2.24. The third kappa shape index (κ3) is 8.60. The van der Waals surface area contributed by atoms with Gasteiger partial charge < -0.3 is 24.7 Å². The Kier molecular flexibility index (Phi) is 10.6. The topological polar surface area (TPSA) is 117 Å². The molecule has 1 fully saturated rings. The molecule has 0 aromatic rings. The lowest BCUT2D eigenvalue weighted by molar-refractivity contribution is -0.139. The number of primary amides is 1. The molecule has 0 radical (unpaired) electrons. The number of hydrogen-bond acceptors (Lipinski definition) is 7. The van der Waals surface area contributed by atoms with E-state index >= 15 is 0 Å². The molecule has 1 aliphatic rings. The van der Waals surface area contributed by atoms with Crippen LogP contribution < -0.4 is 5.73 Å². The highest BCUT2D eigenvalue weighted by Gasteiger charge is 2.39. The Bertz CT molecular complexity index is 422. The number of amides is 3. The summed E-state index contributed by atoms with van der Waals surface area (Å²) < 4.78 is 20.7. The highest BCUT2D eigenvalue weighted by atomic mass is 32.1. The number of carbonyl (C=O) groups is 3. The van der Waals surface area contributed by atoms with Crippen LogP contribution in [0, 0.1) is 0 Å². The minimum Gasteiger partial charge on any atom is -0.377 e. The summed E-state index contributed by atoms with van der Waals surface area (Å²) in [5, 5.41) is -0.415. The zero-order valence-electron chi connectivity index (χ0n) is 13.5. The predicted octanol–water partition coefficient (Wildman–Crippen LogP) is -2.32.